The molecule has 1 saturated heterocycles. The van der Waals surface area contributed by atoms with Crippen molar-refractivity contribution in [3.8, 4) is 51.7 Å². The monoisotopic (exact) mass is 721 g/mol. The Kier molecular flexibility index (Phi) is 11.1. The van der Waals surface area contributed by atoms with Crippen LogP contribution in [0.1, 0.15) is 66.2 Å². The zero-order chi connectivity index (χ0) is 36.9. The summed E-state index contributed by atoms with van der Waals surface area (Å²) < 4.78 is 25.7. The number of aliphatic hydroxyl groups is 2. The van der Waals surface area contributed by atoms with Gasteiger partial charge in [0.2, 0.25) is 5.75 Å². The zero-order valence-electron chi connectivity index (χ0n) is 30.2. The number of aromatic hydroxyl groups is 1. The van der Waals surface area contributed by atoms with Gasteiger partial charge < -0.3 is 49.5 Å². The van der Waals surface area contributed by atoms with Crippen LogP contribution in [0.25, 0.3) is 11.1 Å². The molecule has 0 radical (unpaired) electrons. The number of methoxy groups -OCH3 is 1. The Morgan fingerprint density at radius 2 is 1.75 bits per heavy atom. The first-order valence-corrected chi connectivity index (χ1v) is 18.4. The predicted molar refractivity (Wildman–Crippen MR) is 202 cm³/mol. The van der Waals surface area contributed by atoms with Gasteiger partial charge in [0.05, 0.1) is 37.8 Å². The van der Waals surface area contributed by atoms with Gasteiger partial charge in [0.15, 0.2) is 17.1 Å². The lowest BCUT2D eigenvalue weighted by atomic mass is 9.85. The summed E-state index contributed by atoms with van der Waals surface area (Å²) in [5.74, 6) is 9.06. The van der Waals surface area contributed by atoms with Crippen LogP contribution in [0.2, 0.25) is 0 Å². The molecule has 278 valence electrons. The van der Waals surface area contributed by atoms with E-state index < -0.39 is 12.0 Å². The highest BCUT2D eigenvalue weighted by Crippen LogP contribution is 2.55. The van der Waals surface area contributed by atoms with Gasteiger partial charge in [0.1, 0.15) is 24.0 Å². The van der Waals surface area contributed by atoms with Crippen LogP contribution in [0.5, 0.6) is 28.7 Å². The minimum atomic E-state index is -0.599. The summed E-state index contributed by atoms with van der Waals surface area (Å²) in [4.78, 5) is 19.3. The van der Waals surface area contributed by atoms with Crippen LogP contribution in [0.3, 0.4) is 0 Å². The van der Waals surface area contributed by atoms with E-state index in [0.29, 0.717) is 48.4 Å². The average Bonchev–Trinajstić information content (AvgIpc) is 3.62. The average molecular weight is 722 g/mol. The SMILES string of the molecule is CCc1cc2c([n-]1)N1CCN[C@@H](C#C[C@@H](c3c(OCCCO)c(OC)c(OCCCO)c4c3OC(c3ccc(O)cc3)CC4=[OH+])Cc3cccc-2c3)C1. The van der Waals surface area contributed by atoms with Gasteiger partial charge in [-0.2, -0.15) is 0 Å². The number of aryl methyl sites for hydroxylation is 1. The van der Waals surface area contributed by atoms with Crippen LogP contribution in [-0.2, 0) is 12.8 Å². The Morgan fingerprint density at radius 1 is 0.981 bits per heavy atom. The fourth-order valence-corrected chi connectivity index (χ4v) is 7.32. The maximum Gasteiger partial charge on any atom is 0.335 e. The summed E-state index contributed by atoms with van der Waals surface area (Å²) in [6, 6.07) is 17.3. The molecule has 1 fully saturated rings. The summed E-state index contributed by atoms with van der Waals surface area (Å²) >= 11 is 0. The molecule has 4 bridgehead atoms. The molecule has 3 aliphatic rings. The van der Waals surface area contributed by atoms with E-state index in [9.17, 15) is 20.1 Å². The Balaban J connectivity index is 1.45. The van der Waals surface area contributed by atoms with Crippen molar-refractivity contribution in [3.63, 3.8) is 0 Å². The number of ether oxygens (including phenoxy) is 4. The molecule has 11 nitrogen and oxygen atoms in total. The number of phenolic OH excluding ortho intramolecular Hbond substituents is 1. The molecular formula is C42H47N3O8. The molecule has 0 spiro atoms. The Labute approximate surface area is 309 Å². The standard InChI is InChI=1S/C42H46N3O8/c1-3-30-23-33-28-8-4-7-26(21-28)22-29(9-12-31-25-45(16-15-43-31)42(33)44-30)36-38-37(34(49)24-35(53-38)27-10-13-32(48)14-11-27)40(52-20-6-18-47)41(50-2)39(36)51-19-5-17-46/h4,7-8,10-11,13-14,21,23,29,31,35,43,46-48H,3,5-6,15-20,22,24-25H2,1-2H3/q-1/p+1/t29-,31+,35?/m1/s1. The molecule has 4 aromatic rings. The fraction of sp³-hybridized carbons (Fsp3) is 0.405. The molecule has 3 atom stereocenters. The molecule has 4 heterocycles. The van der Waals surface area contributed by atoms with Gasteiger partial charge in [-0.3, -0.25) is 4.79 Å². The second-order valence-electron chi connectivity index (χ2n) is 13.5. The van der Waals surface area contributed by atoms with E-state index >= 15 is 0 Å². The van der Waals surface area contributed by atoms with E-state index in [0.717, 1.165) is 53.3 Å². The summed E-state index contributed by atoms with van der Waals surface area (Å²) in [7, 11) is 1.52. The molecule has 0 saturated carbocycles. The van der Waals surface area contributed by atoms with Gasteiger partial charge in [-0.05, 0) is 66.9 Å². The lowest BCUT2D eigenvalue weighted by molar-refractivity contribution is 0.187. The third-order valence-corrected chi connectivity index (χ3v) is 9.95. The number of nitrogens with one attached hydrogen (secondary N) is 1. The molecule has 5 N–H and O–H groups in total. The minimum Gasteiger partial charge on any atom is -0.508 e. The highest BCUT2D eigenvalue weighted by Gasteiger charge is 2.43. The summed E-state index contributed by atoms with van der Waals surface area (Å²) in [6.45, 7) is 4.50. The second kappa shape index (κ2) is 16.3. The third kappa shape index (κ3) is 7.53. The van der Waals surface area contributed by atoms with E-state index in [-0.39, 0.29) is 61.9 Å². The fourth-order valence-electron chi connectivity index (χ4n) is 7.32. The Hall–Kier alpha value is -5.15. The quantitative estimate of drug-likeness (QED) is 0.0926. The lowest BCUT2D eigenvalue weighted by Crippen LogP contribution is -2.50. The molecule has 0 aliphatic carbocycles. The minimum absolute atomic E-state index is 0.0421. The van der Waals surface area contributed by atoms with Crippen LogP contribution in [0.4, 0.5) is 5.82 Å². The first-order chi connectivity index (χ1) is 25.9. The number of benzene rings is 3. The normalized spacial score (nSPS) is 19.1. The van der Waals surface area contributed by atoms with Crippen molar-refractivity contribution in [2.45, 2.75) is 57.1 Å². The van der Waals surface area contributed by atoms with E-state index in [2.05, 4.69) is 59.3 Å². The number of ketones is 1. The van der Waals surface area contributed by atoms with Crippen LogP contribution in [0, 0.1) is 11.8 Å². The van der Waals surface area contributed by atoms with Crippen molar-refractivity contribution in [2.75, 3.05) is 58.1 Å². The third-order valence-electron chi connectivity index (χ3n) is 9.95. The van der Waals surface area contributed by atoms with Crippen LogP contribution in [-0.4, -0.2) is 85.1 Å². The van der Waals surface area contributed by atoms with E-state index in [1.54, 1.807) is 24.3 Å². The molecule has 3 aromatic carbocycles. The summed E-state index contributed by atoms with van der Waals surface area (Å²) in [5.41, 5.74) is 5.99. The molecule has 11 heteroatoms. The zero-order valence-corrected chi connectivity index (χ0v) is 30.2. The number of fused-ring (bicyclic) bond motifs is 8. The maximum absolute atomic E-state index is 11.9. The number of piperazine rings is 1. The number of phenols is 1. The molecule has 53 heavy (non-hydrogen) atoms. The van der Waals surface area contributed by atoms with Crippen molar-refractivity contribution in [3.05, 3.63) is 82.5 Å². The predicted octanol–water partition coefficient (Wildman–Crippen LogP) is 4.65. The van der Waals surface area contributed by atoms with E-state index in [4.69, 9.17) is 23.9 Å². The number of anilines is 1. The molecule has 7 rings (SSSR count). The van der Waals surface area contributed by atoms with Crippen molar-refractivity contribution < 1.29 is 39.1 Å². The van der Waals surface area contributed by atoms with Crippen molar-refractivity contribution in [2.24, 2.45) is 0 Å². The molecule has 1 unspecified atom stereocenters. The van der Waals surface area contributed by atoms with Crippen LogP contribution >= 0.6 is 0 Å². The Bertz CT molecular complexity index is 2000. The first kappa shape index (κ1) is 36.2. The maximum atomic E-state index is 11.9. The second-order valence-corrected chi connectivity index (χ2v) is 13.5. The van der Waals surface area contributed by atoms with Crippen molar-refractivity contribution >= 4 is 11.6 Å². The number of hydrogen-bond acceptors (Lipinski definition) is 9. The van der Waals surface area contributed by atoms with Gasteiger partial charge in [-0.1, -0.05) is 72.7 Å². The summed E-state index contributed by atoms with van der Waals surface area (Å²) in [6.07, 6.45) is 1.57. The molecule has 1 aromatic heterocycles. The van der Waals surface area contributed by atoms with Gasteiger partial charge in [0.25, 0.3) is 0 Å². The largest absolute Gasteiger partial charge is 0.508 e. The topological polar surface area (TPSA) is 148 Å². The van der Waals surface area contributed by atoms with E-state index in [1.807, 2.05) is 0 Å². The number of aromatic nitrogens is 1. The Morgan fingerprint density at radius 3 is 2.49 bits per heavy atom. The van der Waals surface area contributed by atoms with Gasteiger partial charge in [-0.15, -0.1) is 0 Å². The first-order valence-electron chi connectivity index (χ1n) is 18.4. The number of aliphatic hydroxyl groups excluding tert-OH is 2. The van der Waals surface area contributed by atoms with Gasteiger partial charge in [-0.25, -0.2) is 0 Å². The highest BCUT2D eigenvalue weighted by molar-refractivity contribution is 6.05. The molecule has 3 aliphatic heterocycles. The lowest BCUT2D eigenvalue weighted by Gasteiger charge is -2.40. The van der Waals surface area contributed by atoms with E-state index in [1.165, 1.54) is 7.11 Å². The van der Waals surface area contributed by atoms with Crippen LogP contribution < -0.4 is 34.1 Å². The van der Waals surface area contributed by atoms with Gasteiger partial charge >= 0.3 is 5.78 Å². The van der Waals surface area contributed by atoms with Crippen molar-refractivity contribution in [1.29, 1.82) is 0 Å². The molecule has 0 amide bonds. The molecular weight excluding hydrogens is 674 g/mol. The van der Waals surface area contributed by atoms with Gasteiger partial charge in [0, 0.05) is 26.1 Å². The number of rotatable bonds is 12. The van der Waals surface area contributed by atoms with Crippen LogP contribution in [0.15, 0.2) is 54.6 Å². The summed E-state index contributed by atoms with van der Waals surface area (Å²) in [5, 5.41) is 32.9. The number of hydrogen-bond donors (Lipinski definition) is 4. The highest BCUT2D eigenvalue weighted by atomic mass is 16.5. The number of nitrogens with zero attached hydrogens (tertiary/aromatic N) is 2. The smallest absolute Gasteiger partial charge is 0.335 e. The van der Waals surface area contributed by atoms with Crippen molar-refractivity contribution in [1.82, 2.24) is 10.3 Å². The number of carbonyl (C=O) groups excluding carboxylic acids is 1.